The fourth-order valence-corrected chi connectivity index (χ4v) is 0. The van der Waals surface area contributed by atoms with Gasteiger partial charge in [0.05, 0.1) is 0 Å². The van der Waals surface area contributed by atoms with Crippen LogP contribution in [-0.2, 0) is 0 Å². The molecule has 0 aliphatic rings. The van der Waals surface area contributed by atoms with E-state index in [2.05, 4.69) is 0 Å². The van der Waals surface area contributed by atoms with Gasteiger partial charge in [0.2, 0.25) is 0 Å². The standard InChI is InChI=1S/CH3B2P/c2-1(3)4/h4H3. The van der Waals surface area contributed by atoms with Crippen molar-refractivity contribution in [2.24, 2.45) is 0 Å². The van der Waals surface area contributed by atoms with Gasteiger partial charge in [0, 0.05) is 0 Å². The monoisotopic (exact) mass is 68.0 g/mol. The second-order valence-corrected chi connectivity index (χ2v) is 1.39. The Labute approximate surface area is 31.4 Å². The minimum atomic E-state index is 0.444. The van der Waals surface area contributed by atoms with E-state index in [-0.39, 0.29) is 0 Å². The molecule has 0 fully saturated rings. The van der Waals surface area contributed by atoms with Crippen LogP contribution in [0.4, 0.5) is 0 Å². The first-order chi connectivity index (χ1) is 1.73. The molecule has 0 aliphatic carbocycles. The fraction of sp³-hybridized carbons (Fsp3) is 0. The molecule has 1 unspecified atom stereocenters. The zero-order valence-electron chi connectivity index (χ0n) is 2.36. The number of hydrogen-bond donors (Lipinski definition) is 0. The van der Waals surface area contributed by atoms with Gasteiger partial charge in [-0.15, -0.1) is 15.7 Å². The van der Waals surface area contributed by atoms with Crippen LogP contribution in [0.25, 0.3) is 0 Å². The van der Waals surface area contributed by atoms with Crippen molar-refractivity contribution in [3.63, 3.8) is 0 Å². The van der Waals surface area contributed by atoms with Crippen molar-refractivity contribution in [1.82, 2.24) is 0 Å². The van der Waals surface area contributed by atoms with E-state index in [1.807, 2.05) is 0 Å². The molecule has 0 aromatic carbocycles. The lowest BCUT2D eigenvalue weighted by Crippen LogP contribution is -1.75. The van der Waals surface area contributed by atoms with E-state index >= 15 is 0 Å². The lowest BCUT2D eigenvalue weighted by Gasteiger charge is -1.92. The Morgan fingerprint density at radius 3 is 1.50 bits per heavy atom. The van der Waals surface area contributed by atoms with Crippen molar-refractivity contribution < 1.29 is 0 Å². The van der Waals surface area contributed by atoms with E-state index in [1.54, 1.807) is 0 Å². The second kappa shape index (κ2) is 1.84. The lowest BCUT2D eigenvalue weighted by atomic mass is 9.86. The van der Waals surface area contributed by atoms with E-state index in [9.17, 15) is 0 Å². The average molecular weight is 67.6 g/mol. The largest absolute Gasteiger partial charge is 0.238 e. The molecule has 0 spiro atoms. The van der Waals surface area contributed by atoms with Gasteiger partial charge in [-0.25, -0.2) is 5.46 Å². The van der Waals surface area contributed by atoms with Crippen molar-refractivity contribution in [1.29, 1.82) is 0 Å². The summed E-state index contributed by atoms with van der Waals surface area (Å²) in [7, 11) is 11.1. The van der Waals surface area contributed by atoms with E-state index in [4.69, 9.17) is 15.7 Å². The molecule has 4 radical (unpaired) electrons. The van der Waals surface area contributed by atoms with Crippen LogP contribution < -0.4 is 0 Å². The maximum absolute atomic E-state index is 4.82. The summed E-state index contributed by atoms with van der Waals surface area (Å²) in [5, 5.41) is 0. The highest BCUT2D eigenvalue weighted by Gasteiger charge is 1.54. The predicted octanol–water partition coefficient (Wildman–Crippen LogP) is -0.622. The minimum absolute atomic E-state index is 0.444. The Kier molecular flexibility index (Phi) is 2.10. The molecule has 0 N–H and O–H groups in total. The van der Waals surface area contributed by atoms with Crippen molar-refractivity contribution in [3.8, 4) is 0 Å². The maximum atomic E-state index is 4.82. The average Bonchev–Trinajstić information content (AvgIpc) is 0.811. The number of hydrogen-bond acceptors (Lipinski definition) is 0. The van der Waals surface area contributed by atoms with Gasteiger partial charge in [-0.3, -0.25) is 0 Å². The molecule has 4 heavy (non-hydrogen) atoms. The van der Waals surface area contributed by atoms with Gasteiger partial charge in [0.1, 0.15) is 0 Å². The van der Waals surface area contributed by atoms with E-state index in [0.29, 0.717) is 5.46 Å². The molecule has 0 rings (SSSR count). The summed E-state index contributed by atoms with van der Waals surface area (Å²) in [4.78, 5) is 0. The Morgan fingerprint density at radius 2 is 1.50 bits per heavy atom. The van der Waals surface area contributed by atoms with Crippen LogP contribution in [0.2, 0.25) is 0 Å². The first-order valence-electron chi connectivity index (χ1n) is 0.931. The normalized spacial score (nSPS) is 9.25. The molecular weight excluding hydrogens is 64.6 g/mol. The molecule has 0 bridgehead atoms. The van der Waals surface area contributed by atoms with Crippen LogP contribution in [0.15, 0.2) is 0 Å². The van der Waals surface area contributed by atoms with E-state index in [0.717, 1.165) is 0 Å². The van der Waals surface area contributed by atoms with Gasteiger partial charge >= 0.3 is 0 Å². The Hall–Kier alpha value is 0.560. The lowest BCUT2D eigenvalue weighted by molar-refractivity contribution is 2.42. The minimum Gasteiger partial charge on any atom is -0.238 e. The van der Waals surface area contributed by atoms with Crippen LogP contribution in [-0.4, -0.2) is 15.7 Å². The summed E-state index contributed by atoms with van der Waals surface area (Å²) in [5.41, 5.74) is 0.444. The summed E-state index contributed by atoms with van der Waals surface area (Å²) in [6.45, 7) is 0. The first-order valence-corrected chi connectivity index (χ1v) is 1.64. The van der Waals surface area contributed by atoms with E-state index in [1.165, 1.54) is 9.24 Å². The van der Waals surface area contributed by atoms with Crippen LogP contribution in [0.5, 0.6) is 0 Å². The molecular formula is CH3B2P. The summed E-state index contributed by atoms with van der Waals surface area (Å²) < 4.78 is 0. The van der Waals surface area contributed by atoms with Gasteiger partial charge in [0.25, 0.3) is 0 Å². The summed E-state index contributed by atoms with van der Waals surface area (Å²) in [6.07, 6.45) is 0. The molecule has 3 heteroatoms. The van der Waals surface area contributed by atoms with Crippen molar-refractivity contribution >= 4 is 24.9 Å². The molecule has 1 atom stereocenters. The molecule has 0 heterocycles. The zero-order chi connectivity index (χ0) is 3.58. The first kappa shape index (κ1) is 4.56. The highest BCUT2D eigenvalue weighted by molar-refractivity contribution is 7.29. The Morgan fingerprint density at radius 1 is 1.50 bits per heavy atom. The third kappa shape index (κ3) is 19.9. The van der Waals surface area contributed by atoms with Gasteiger partial charge in [-0.2, -0.15) is 9.24 Å². The topological polar surface area (TPSA) is 0 Å². The van der Waals surface area contributed by atoms with Gasteiger partial charge < -0.3 is 0 Å². The fourth-order valence-electron chi connectivity index (χ4n) is 0. The molecule has 0 saturated carbocycles. The highest BCUT2D eigenvalue weighted by Crippen LogP contribution is 1.91. The molecule has 18 valence electrons. The Bertz CT molecular complexity index is 10.8. The molecule has 0 nitrogen and oxygen atoms in total. The van der Waals surface area contributed by atoms with Gasteiger partial charge in [-0.1, -0.05) is 0 Å². The summed E-state index contributed by atoms with van der Waals surface area (Å²) in [5.74, 6) is 0. The zero-order valence-corrected chi connectivity index (χ0v) is 3.78. The predicted molar refractivity (Wildman–Crippen MR) is 25.9 cm³/mol. The SMILES string of the molecule is [B][C-]([B])[PH3+]. The quantitative estimate of drug-likeness (QED) is 0.201. The third-order valence-corrected chi connectivity index (χ3v) is 0. The summed E-state index contributed by atoms with van der Waals surface area (Å²) >= 11 is 0. The van der Waals surface area contributed by atoms with Crippen LogP contribution >= 0.6 is 9.24 Å². The number of rotatable bonds is 0. The van der Waals surface area contributed by atoms with Crippen molar-refractivity contribution in [3.05, 3.63) is 5.46 Å². The van der Waals surface area contributed by atoms with Gasteiger partial charge in [-0.05, 0) is 0 Å². The molecule has 0 saturated heterocycles. The smallest absolute Gasteiger partial charge is 0.137 e. The Balaban J connectivity index is 2.32. The molecule has 0 amide bonds. The van der Waals surface area contributed by atoms with Crippen LogP contribution in [0, 0.1) is 5.46 Å². The van der Waals surface area contributed by atoms with Gasteiger partial charge in [0.15, 0.2) is 0 Å². The second-order valence-electron chi connectivity index (χ2n) is 0.575. The highest BCUT2D eigenvalue weighted by atomic mass is 31.0. The van der Waals surface area contributed by atoms with E-state index < -0.39 is 0 Å². The summed E-state index contributed by atoms with van der Waals surface area (Å²) in [6, 6.07) is 0. The third-order valence-electron chi connectivity index (χ3n) is 0. The van der Waals surface area contributed by atoms with Crippen molar-refractivity contribution in [2.45, 2.75) is 0 Å². The molecule has 0 aromatic heterocycles. The van der Waals surface area contributed by atoms with Crippen LogP contribution in [0.1, 0.15) is 0 Å². The van der Waals surface area contributed by atoms with Crippen LogP contribution in [0.3, 0.4) is 0 Å². The molecule has 0 aromatic rings. The molecule has 0 aliphatic heterocycles. The van der Waals surface area contributed by atoms with Crippen molar-refractivity contribution in [2.75, 3.05) is 0 Å². The maximum Gasteiger partial charge on any atom is -0.137 e.